The summed E-state index contributed by atoms with van der Waals surface area (Å²) in [7, 11) is -3.88. The molecule has 0 saturated carbocycles. The van der Waals surface area contributed by atoms with Crippen LogP contribution < -0.4 is 9.46 Å². The maximum Gasteiger partial charge on any atom is 0.271 e. The van der Waals surface area contributed by atoms with Gasteiger partial charge in [0.05, 0.1) is 4.90 Å². The van der Waals surface area contributed by atoms with E-state index in [1.807, 2.05) is 4.72 Å². The van der Waals surface area contributed by atoms with Gasteiger partial charge in [-0.05, 0) is 42.8 Å². The lowest BCUT2D eigenvalue weighted by Crippen LogP contribution is -2.34. The number of aryl methyl sites for hydroxylation is 1. The summed E-state index contributed by atoms with van der Waals surface area (Å²) in [5.74, 6) is -0.283. The second-order valence-corrected chi connectivity index (χ2v) is 6.66. The van der Waals surface area contributed by atoms with Gasteiger partial charge in [0.1, 0.15) is 5.75 Å². The predicted molar refractivity (Wildman–Crippen MR) is 83.5 cm³/mol. The number of nitrogens with one attached hydrogen (secondary N) is 1. The Labute approximate surface area is 133 Å². The molecule has 0 aliphatic carbocycles. The van der Waals surface area contributed by atoms with E-state index < -0.39 is 22.5 Å². The maximum atomic E-state index is 12.0. The van der Waals surface area contributed by atoms with Crippen LogP contribution in [0.1, 0.15) is 5.56 Å². The summed E-state index contributed by atoms with van der Waals surface area (Å²) in [6.45, 7) is 1.37. The summed E-state index contributed by atoms with van der Waals surface area (Å²) < 4.78 is 31.2. The van der Waals surface area contributed by atoms with Crippen LogP contribution >= 0.6 is 11.6 Å². The number of hydrogen-bond donors (Lipinski definition) is 1. The Balaban J connectivity index is 1.99. The second-order valence-electron chi connectivity index (χ2n) is 4.54. The highest BCUT2D eigenvalue weighted by Gasteiger charge is 2.17. The van der Waals surface area contributed by atoms with E-state index in [2.05, 4.69) is 0 Å². The molecule has 2 aromatic carbocycles. The molecule has 1 amide bonds. The zero-order chi connectivity index (χ0) is 16.2. The standard InChI is InChI=1S/C15H14ClNO4S/c1-11-9-12(16)7-8-14(11)21-10-15(18)17-22(19,20)13-5-3-2-4-6-13/h2-9H,10H2,1H3,(H,17,18). The molecule has 7 heteroatoms. The number of carbonyl (C=O) groups is 1. The number of ether oxygens (including phenoxy) is 1. The molecule has 0 atom stereocenters. The third-order valence-corrected chi connectivity index (χ3v) is 4.42. The van der Waals surface area contributed by atoms with Gasteiger partial charge < -0.3 is 4.74 Å². The Morgan fingerprint density at radius 2 is 1.86 bits per heavy atom. The number of halogens is 1. The van der Waals surface area contributed by atoms with Crippen LogP contribution in [0.5, 0.6) is 5.75 Å². The number of hydrogen-bond acceptors (Lipinski definition) is 4. The molecule has 0 aromatic heterocycles. The Hall–Kier alpha value is -2.05. The van der Waals surface area contributed by atoms with Crippen LogP contribution in [0.15, 0.2) is 53.4 Å². The summed E-state index contributed by atoms with van der Waals surface area (Å²) >= 11 is 5.82. The molecule has 0 spiro atoms. The van der Waals surface area contributed by atoms with Crippen molar-refractivity contribution < 1.29 is 17.9 Å². The fourth-order valence-electron chi connectivity index (χ4n) is 1.76. The van der Waals surface area contributed by atoms with Crippen molar-refractivity contribution >= 4 is 27.5 Å². The van der Waals surface area contributed by atoms with Gasteiger partial charge in [0.2, 0.25) is 0 Å². The highest BCUT2D eigenvalue weighted by atomic mass is 35.5. The highest BCUT2D eigenvalue weighted by Crippen LogP contribution is 2.21. The minimum Gasteiger partial charge on any atom is -0.483 e. The lowest BCUT2D eigenvalue weighted by Gasteiger charge is -2.10. The average Bonchev–Trinajstić information content (AvgIpc) is 2.47. The number of sulfonamides is 1. The van der Waals surface area contributed by atoms with Gasteiger partial charge in [-0.25, -0.2) is 13.1 Å². The van der Waals surface area contributed by atoms with Crippen LogP contribution in [0.25, 0.3) is 0 Å². The summed E-state index contributed by atoms with van der Waals surface area (Å²) in [5.41, 5.74) is 0.756. The Morgan fingerprint density at radius 3 is 2.50 bits per heavy atom. The molecule has 2 aromatic rings. The third kappa shape index (κ3) is 4.22. The molecule has 0 fully saturated rings. The van der Waals surface area contributed by atoms with E-state index in [9.17, 15) is 13.2 Å². The van der Waals surface area contributed by atoms with Crippen molar-refractivity contribution in [3.63, 3.8) is 0 Å². The van der Waals surface area contributed by atoms with E-state index in [0.29, 0.717) is 10.8 Å². The summed E-state index contributed by atoms with van der Waals surface area (Å²) in [5, 5.41) is 0.556. The molecule has 2 rings (SSSR count). The normalized spacial score (nSPS) is 11.0. The van der Waals surface area contributed by atoms with E-state index >= 15 is 0 Å². The number of carbonyl (C=O) groups excluding carboxylic acids is 1. The quantitative estimate of drug-likeness (QED) is 0.908. The minimum atomic E-state index is -3.88. The first-order chi connectivity index (χ1) is 10.4. The van der Waals surface area contributed by atoms with Crippen molar-refractivity contribution in [3.8, 4) is 5.75 Å². The number of benzene rings is 2. The van der Waals surface area contributed by atoms with Gasteiger partial charge >= 0.3 is 0 Å². The monoisotopic (exact) mass is 339 g/mol. The van der Waals surface area contributed by atoms with Gasteiger partial charge in [0.25, 0.3) is 15.9 Å². The fraction of sp³-hybridized carbons (Fsp3) is 0.133. The molecule has 116 valence electrons. The summed E-state index contributed by atoms with van der Waals surface area (Å²) in [6.07, 6.45) is 0. The molecule has 0 aliphatic heterocycles. The van der Waals surface area contributed by atoms with Crippen LogP contribution in [-0.2, 0) is 14.8 Å². The molecule has 22 heavy (non-hydrogen) atoms. The first kappa shape index (κ1) is 16.3. The van der Waals surface area contributed by atoms with Crippen molar-refractivity contribution in [1.82, 2.24) is 4.72 Å². The molecule has 0 heterocycles. The topological polar surface area (TPSA) is 72.5 Å². The van der Waals surface area contributed by atoms with Gasteiger partial charge in [0.15, 0.2) is 6.61 Å². The zero-order valence-electron chi connectivity index (χ0n) is 11.7. The second kappa shape index (κ2) is 6.81. The van der Waals surface area contributed by atoms with Crippen LogP contribution in [0, 0.1) is 6.92 Å². The predicted octanol–water partition coefficient (Wildman–Crippen LogP) is 2.53. The Morgan fingerprint density at radius 1 is 1.18 bits per heavy atom. The van der Waals surface area contributed by atoms with Gasteiger partial charge in [0, 0.05) is 5.02 Å². The van der Waals surface area contributed by atoms with Gasteiger partial charge in [-0.3, -0.25) is 4.79 Å². The van der Waals surface area contributed by atoms with Crippen LogP contribution in [0.2, 0.25) is 5.02 Å². The van der Waals surface area contributed by atoms with E-state index in [1.165, 1.54) is 12.1 Å². The van der Waals surface area contributed by atoms with Crippen molar-refractivity contribution in [3.05, 3.63) is 59.1 Å². The smallest absolute Gasteiger partial charge is 0.271 e. The summed E-state index contributed by atoms with van der Waals surface area (Å²) in [4.78, 5) is 11.8. The molecule has 0 saturated heterocycles. The largest absolute Gasteiger partial charge is 0.483 e. The molecule has 1 N–H and O–H groups in total. The van der Waals surface area contributed by atoms with Crippen molar-refractivity contribution in [2.45, 2.75) is 11.8 Å². The van der Waals surface area contributed by atoms with E-state index in [0.717, 1.165) is 5.56 Å². The maximum absolute atomic E-state index is 12.0. The minimum absolute atomic E-state index is 0.0195. The zero-order valence-corrected chi connectivity index (χ0v) is 13.3. The lowest BCUT2D eigenvalue weighted by atomic mass is 10.2. The van der Waals surface area contributed by atoms with Crippen LogP contribution in [0.4, 0.5) is 0 Å². The van der Waals surface area contributed by atoms with E-state index in [4.69, 9.17) is 16.3 Å². The van der Waals surface area contributed by atoms with E-state index in [-0.39, 0.29) is 4.90 Å². The summed E-state index contributed by atoms with van der Waals surface area (Å²) in [6, 6.07) is 12.6. The first-order valence-corrected chi connectivity index (χ1v) is 8.24. The lowest BCUT2D eigenvalue weighted by molar-refractivity contribution is -0.121. The van der Waals surface area contributed by atoms with Crippen molar-refractivity contribution in [1.29, 1.82) is 0 Å². The molecular formula is C15H14ClNO4S. The third-order valence-electron chi connectivity index (χ3n) is 2.80. The molecule has 0 bridgehead atoms. The molecular weight excluding hydrogens is 326 g/mol. The van der Waals surface area contributed by atoms with E-state index in [1.54, 1.807) is 43.3 Å². The number of amides is 1. The molecule has 0 aliphatic rings. The molecule has 0 radical (unpaired) electrons. The molecule has 5 nitrogen and oxygen atoms in total. The highest BCUT2D eigenvalue weighted by molar-refractivity contribution is 7.90. The van der Waals surface area contributed by atoms with Gasteiger partial charge in [-0.1, -0.05) is 29.8 Å². The SMILES string of the molecule is Cc1cc(Cl)ccc1OCC(=O)NS(=O)(=O)c1ccccc1. The fourth-order valence-corrected chi connectivity index (χ4v) is 2.97. The Kier molecular flexibility index (Phi) is 5.05. The van der Waals surface area contributed by atoms with Crippen LogP contribution in [0.3, 0.4) is 0 Å². The van der Waals surface area contributed by atoms with Gasteiger partial charge in [-0.15, -0.1) is 0 Å². The molecule has 0 unspecified atom stereocenters. The van der Waals surface area contributed by atoms with Crippen molar-refractivity contribution in [2.24, 2.45) is 0 Å². The van der Waals surface area contributed by atoms with Crippen LogP contribution in [-0.4, -0.2) is 20.9 Å². The average molecular weight is 340 g/mol. The van der Waals surface area contributed by atoms with Crippen molar-refractivity contribution in [2.75, 3.05) is 6.61 Å². The number of rotatable bonds is 5. The first-order valence-electron chi connectivity index (χ1n) is 6.38. The van der Waals surface area contributed by atoms with Gasteiger partial charge in [-0.2, -0.15) is 0 Å². The Bertz CT molecular complexity index is 775.